The van der Waals surface area contributed by atoms with Crippen LogP contribution < -0.4 is 4.74 Å². The van der Waals surface area contributed by atoms with Gasteiger partial charge in [0.05, 0.1) is 7.11 Å². The van der Waals surface area contributed by atoms with E-state index in [1.165, 1.54) is 5.56 Å². The number of benzene rings is 1. The Morgan fingerprint density at radius 1 is 1.50 bits per heavy atom. The summed E-state index contributed by atoms with van der Waals surface area (Å²) in [6.45, 7) is 5.84. The highest BCUT2D eigenvalue weighted by Crippen LogP contribution is 2.20. The lowest BCUT2D eigenvalue weighted by molar-refractivity contribution is 0.410. The van der Waals surface area contributed by atoms with Crippen LogP contribution in [0.2, 0.25) is 0 Å². The lowest BCUT2D eigenvalue weighted by Gasteiger charge is -2.06. The second kappa shape index (κ2) is 3.96. The van der Waals surface area contributed by atoms with E-state index in [-0.39, 0.29) is 0 Å². The van der Waals surface area contributed by atoms with Gasteiger partial charge in [0.1, 0.15) is 5.75 Å². The Bertz CT molecular complexity index is 276. The molecule has 0 atom stereocenters. The van der Waals surface area contributed by atoms with Crippen molar-refractivity contribution in [1.82, 2.24) is 0 Å². The third-order valence-electron chi connectivity index (χ3n) is 1.92. The minimum absolute atomic E-state index is 0.961. The first-order valence-electron chi connectivity index (χ1n) is 4.11. The normalized spacial score (nSPS) is 9.50. The summed E-state index contributed by atoms with van der Waals surface area (Å²) in [5, 5.41) is 0. The van der Waals surface area contributed by atoms with Gasteiger partial charge in [-0.3, -0.25) is 0 Å². The molecule has 0 aliphatic rings. The van der Waals surface area contributed by atoms with Gasteiger partial charge in [-0.05, 0) is 29.7 Å². The first-order valence-corrected chi connectivity index (χ1v) is 4.11. The average molecular weight is 162 g/mol. The lowest BCUT2D eigenvalue weighted by Crippen LogP contribution is -1.90. The molecule has 1 heteroatoms. The molecule has 1 aromatic carbocycles. The molecule has 0 aliphatic heterocycles. The third-order valence-corrected chi connectivity index (χ3v) is 1.92. The van der Waals surface area contributed by atoms with Gasteiger partial charge in [0.25, 0.3) is 0 Å². The van der Waals surface area contributed by atoms with Crippen molar-refractivity contribution >= 4 is 6.08 Å². The topological polar surface area (TPSA) is 9.23 Å². The summed E-state index contributed by atoms with van der Waals surface area (Å²) in [6, 6.07) is 6.09. The zero-order valence-corrected chi connectivity index (χ0v) is 7.63. The van der Waals surface area contributed by atoms with Gasteiger partial charge in [-0.15, -0.1) is 0 Å². The second-order valence-electron chi connectivity index (χ2n) is 2.63. The van der Waals surface area contributed by atoms with Gasteiger partial charge >= 0.3 is 0 Å². The van der Waals surface area contributed by atoms with Crippen LogP contribution in [0.1, 0.15) is 18.1 Å². The van der Waals surface area contributed by atoms with Crippen LogP contribution in [-0.2, 0) is 6.42 Å². The molecule has 12 heavy (non-hydrogen) atoms. The van der Waals surface area contributed by atoms with Crippen molar-refractivity contribution < 1.29 is 4.74 Å². The van der Waals surface area contributed by atoms with E-state index < -0.39 is 0 Å². The predicted molar refractivity (Wildman–Crippen MR) is 52.5 cm³/mol. The zero-order chi connectivity index (χ0) is 8.97. The fourth-order valence-electron chi connectivity index (χ4n) is 1.20. The molecule has 0 saturated carbocycles. The Morgan fingerprint density at radius 3 is 2.75 bits per heavy atom. The van der Waals surface area contributed by atoms with Crippen LogP contribution >= 0.6 is 0 Å². The number of methoxy groups -OCH3 is 1. The smallest absolute Gasteiger partial charge is 0.122 e. The highest BCUT2D eigenvalue weighted by atomic mass is 16.5. The molecular formula is C11H14O. The maximum atomic E-state index is 5.20. The van der Waals surface area contributed by atoms with E-state index in [9.17, 15) is 0 Å². The molecular weight excluding hydrogens is 148 g/mol. The Balaban J connectivity index is 3.10. The highest BCUT2D eigenvalue weighted by Gasteiger charge is 1.99. The molecule has 0 heterocycles. The van der Waals surface area contributed by atoms with Crippen LogP contribution in [0.15, 0.2) is 24.8 Å². The van der Waals surface area contributed by atoms with Crippen LogP contribution in [0, 0.1) is 0 Å². The Morgan fingerprint density at radius 2 is 2.25 bits per heavy atom. The maximum absolute atomic E-state index is 5.20. The number of aryl methyl sites for hydroxylation is 1. The molecule has 0 unspecified atom stereocenters. The molecule has 0 bridgehead atoms. The largest absolute Gasteiger partial charge is 0.496 e. The van der Waals surface area contributed by atoms with E-state index in [0.717, 1.165) is 17.7 Å². The first kappa shape index (κ1) is 8.85. The van der Waals surface area contributed by atoms with Gasteiger partial charge in [0.15, 0.2) is 0 Å². The van der Waals surface area contributed by atoms with Crippen LogP contribution in [0.4, 0.5) is 0 Å². The summed E-state index contributed by atoms with van der Waals surface area (Å²) < 4.78 is 5.20. The molecule has 0 fully saturated rings. The highest BCUT2D eigenvalue weighted by molar-refractivity contribution is 5.51. The Hall–Kier alpha value is -1.24. The zero-order valence-electron chi connectivity index (χ0n) is 7.63. The fourth-order valence-corrected chi connectivity index (χ4v) is 1.20. The van der Waals surface area contributed by atoms with Crippen molar-refractivity contribution in [3.63, 3.8) is 0 Å². The molecule has 1 rings (SSSR count). The summed E-state index contributed by atoms with van der Waals surface area (Å²) in [6.07, 6.45) is 2.84. The van der Waals surface area contributed by atoms with Crippen molar-refractivity contribution in [2.45, 2.75) is 13.3 Å². The number of hydrogen-bond acceptors (Lipinski definition) is 1. The summed E-state index contributed by atoms with van der Waals surface area (Å²) >= 11 is 0. The van der Waals surface area contributed by atoms with Crippen molar-refractivity contribution in [3.05, 3.63) is 35.9 Å². The van der Waals surface area contributed by atoms with E-state index in [2.05, 4.69) is 19.6 Å². The van der Waals surface area contributed by atoms with Crippen LogP contribution in [-0.4, -0.2) is 7.11 Å². The van der Waals surface area contributed by atoms with Gasteiger partial charge in [0, 0.05) is 0 Å². The molecule has 0 N–H and O–H groups in total. The Kier molecular flexibility index (Phi) is 2.92. The first-order chi connectivity index (χ1) is 5.81. The molecule has 0 aliphatic carbocycles. The van der Waals surface area contributed by atoms with E-state index in [4.69, 9.17) is 4.74 Å². The number of hydrogen-bond donors (Lipinski definition) is 0. The van der Waals surface area contributed by atoms with E-state index in [1.807, 2.05) is 18.2 Å². The van der Waals surface area contributed by atoms with Gasteiger partial charge in [0.2, 0.25) is 0 Å². The molecule has 64 valence electrons. The van der Waals surface area contributed by atoms with E-state index in [0.29, 0.717) is 0 Å². The van der Waals surface area contributed by atoms with Gasteiger partial charge in [-0.25, -0.2) is 0 Å². The fraction of sp³-hybridized carbons (Fsp3) is 0.273. The summed E-state index contributed by atoms with van der Waals surface area (Å²) in [7, 11) is 1.70. The molecule has 0 saturated heterocycles. The van der Waals surface area contributed by atoms with E-state index in [1.54, 1.807) is 7.11 Å². The van der Waals surface area contributed by atoms with Crippen LogP contribution in [0.25, 0.3) is 6.08 Å². The summed E-state index contributed by atoms with van der Waals surface area (Å²) in [5.41, 5.74) is 2.38. The van der Waals surface area contributed by atoms with Crippen molar-refractivity contribution in [1.29, 1.82) is 0 Å². The quantitative estimate of drug-likeness (QED) is 0.664. The average Bonchev–Trinajstić information content (AvgIpc) is 2.16. The molecule has 0 amide bonds. The molecule has 1 nitrogen and oxygen atoms in total. The minimum atomic E-state index is 0.961. The molecule has 1 aromatic rings. The summed E-state index contributed by atoms with van der Waals surface area (Å²) in [5.74, 6) is 0.961. The van der Waals surface area contributed by atoms with Gasteiger partial charge < -0.3 is 4.74 Å². The second-order valence-corrected chi connectivity index (χ2v) is 2.63. The number of ether oxygens (including phenoxy) is 1. The van der Waals surface area contributed by atoms with Crippen molar-refractivity contribution in [3.8, 4) is 5.75 Å². The Labute approximate surface area is 73.7 Å². The van der Waals surface area contributed by atoms with Crippen molar-refractivity contribution in [2.75, 3.05) is 7.11 Å². The van der Waals surface area contributed by atoms with Gasteiger partial charge in [-0.2, -0.15) is 0 Å². The van der Waals surface area contributed by atoms with Crippen LogP contribution in [0.3, 0.4) is 0 Å². The molecule has 0 spiro atoms. The maximum Gasteiger partial charge on any atom is 0.122 e. The minimum Gasteiger partial charge on any atom is -0.496 e. The van der Waals surface area contributed by atoms with Gasteiger partial charge in [-0.1, -0.05) is 25.6 Å². The monoisotopic (exact) mass is 162 g/mol. The van der Waals surface area contributed by atoms with Crippen LogP contribution in [0.5, 0.6) is 5.75 Å². The summed E-state index contributed by atoms with van der Waals surface area (Å²) in [4.78, 5) is 0. The third kappa shape index (κ3) is 1.67. The number of rotatable bonds is 3. The molecule has 0 radical (unpaired) electrons. The van der Waals surface area contributed by atoms with E-state index >= 15 is 0 Å². The standard InChI is InChI=1S/C11H14O/c1-4-9-6-7-11(12-3)10(5-2)8-9/h4,6-8H,1,5H2,2-3H3. The predicted octanol–water partition coefficient (Wildman–Crippen LogP) is 2.90. The lowest BCUT2D eigenvalue weighted by atomic mass is 10.1. The SMILES string of the molecule is C=Cc1ccc(OC)c(CC)c1. The van der Waals surface area contributed by atoms with Crippen molar-refractivity contribution in [2.24, 2.45) is 0 Å². The molecule has 0 aromatic heterocycles.